The molecule has 1 aromatic heterocycles. The highest BCUT2D eigenvalue weighted by molar-refractivity contribution is 7.12. The number of carbonyl (C=O) groups excluding carboxylic acids is 2. The second-order valence-electron chi connectivity index (χ2n) is 6.31. The minimum absolute atomic E-state index is 0. The number of halogens is 1. The Morgan fingerprint density at radius 3 is 2.62 bits per heavy atom. The summed E-state index contributed by atoms with van der Waals surface area (Å²) in [6.45, 7) is 2.58. The van der Waals surface area contributed by atoms with Gasteiger partial charge in [-0.3, -0.25) is 9.59 Å². The van der Waals surface area contributed by atoms with E-state index in [2.05, 4.69) is 10.6 Å². The molecule has 0 saturated carbocycles. The van der Waals surface area contributed by atoms with Crippen molar-refractivity contribution in [2.75, 3.05) is 32.0 Å². The number of amides is 2. The van der Waals surface area contributed by atoms with Crippen LogP contribution in [0.3, 0.4) is 0 Å². The summed E-state index contributed by atoms with van der Waals surface area (Å²) in [6.07, 6.45) is 2.06. The van der Waals surface area contributed by atoms with Crippen LogP contribution in [0, 0.1) is 5.92 Å². The minimum Gasteiger partial charge on any atom is -0.339 e. The van der Waals surface area contributed by atoms with Crippen molar-refractivity contribution in [3.63, 3.8) is 0 Å². The average Bonchev–Trinajstić information content (AvgIpc) is 3.17. The van der Waals surface area contributed by atoms with Crippen molar-refractivity contribution in [1.29, 1.82) is 0 Å². The van der Waals surface area contributed by atoms with Crippen LogP contribution in [0.2, 0.25) is 0 Å². The highest BCUT2D eigenvalue weighted by Gasteiger charge is 2.23. The van der Waals surface area contributed by atoms with Crippen LogP contribution in [0.15, 0.2) is 41.8 Å². The first kappa shape index (κ1) is 20.4. The Morgan fingerprint density at radius 2 is 1.96 bits per heavy atom. The van der Waals surface area contributed by atoms with Gasteiger partial charge < -0.3 is 15.5 Å². The fourth-order valence-corrected chi connectivity index (χ4v) is 3.76. The maximum absolute atomic E-state index is 12.7. The molecule has 1 aromatic carbocycles. The summed E-state index contributed by atoms with van der Waals surface area (Å²) < 4.78 is 0. The number of carbonyl (C=O) groups is 2. The van der Waals surface area contributed by atoms with E-state index in [9.17, 15) is 9.59 Å². The van der Waals surface area contributed by atoms with Gasteiger partial charge in [-0.25, -0.2) is 0 Å². The molecule has 1 aliphatic heterocycles. The second kappa shape index (κ2) is 9.71. The fraction of sp³-hybridized carbons (Fsp3) is 0.368. The number of hydrogen-bond donors (Lipinski definition) is 2. The van der Waals surface area contributed by atoms with E-state index >= 15 is 0 Å². The Hall–Kier alpha value is -1.89. The molecule has 140 valence electrons. The maximum atomic E-state index is 12.7. The van der Waals surface area contributed by atoms with Crippen LogP contribution in [-0.2, 0) is 0 Å². The van der Waals surface area contributed by atoms with E-state index in [0.717, 1.165) is 32.5 Å². The average molecular weight is 394 g/mol. The Kier molecular flexibility index (Phi) is 7.63. The molecular formula is C19H24ClN3O2S. The highest BCUT2D eigenvalue weighted by atomic mass is 35.5. The first-order valence-corrected chi connectivity index (χ1v) is 9.44. The molecule has 1 aliphatic rings. The minimum atomic E-state index is -0.146. The van der Waals surface area contributed by atoms with E-state index in [1.54, 1.807) is 18.2 Å². The quantitative estimate of drug-likeness (QED) is 0.817. The Bertz CT molecular complexity index is 728. The molecule has 5 nitrogen and oxygen atoms in total. The predicted octanol–water partition coefficient (Wildman–Crippen LogP) is 3.49. The zero-order chi connectivity index (χ0) is 17.6. The monoisotopic (exact) mass is 393 g/mol. The summed E-state index contributed by atoms with van der Waals surface area (Å²) in [5.74, 6) is 0.535. The van der Waals surface area contributed by atoms with Crippen LogP contribution < -0.4 is 10.6 Å². The van der Waals surface area contributed by atoms with Crippen molar-refractivity contribution in [3.8, 4) is 0 Å². The van der Waals surface area contributed by atoms with Crippen LogP contribution in [0.5, 0.6) is 0 Å². The molecular weight excluding hydrogens is 370 g/mol. The van der Waals surface area contributed by atoms with Crippen molar-refractivity contribution in [2.24, 2.45) is 5.92 Å². The summed E-state index contributed by atoms with van der Waals surface area (Å²) in [7, 11) is 1.97. The molecule has 2 N–H and O–H groups in total. The lowest BCUT2D eigenvalue weighted by atomic mass is 9.96. The molecule has 0 unspecified atom stereocenters. The van der Waals surface area contributed by atoms with Crippen molar-refractivity contribution in [1.82, 2.24) is 10.2 Å². The number of anilines is 1. The fourth-order valence-electron chi connectivity index (χ4n) is 3.14. The SMILES string of the molecule is CNCC1CCN(C(=O)c2cccc(NC(=O)c3cccs3)c2)CC1.Cl. The molecule has 0 bridgehead atoms. The normalized spacial score (nSPS) is 14.6. The molecule has 26 heavy (non-hydrogen) atoms. The zero-order valence-electron chi connectivity index (χ0n) is 14.7. The van der Waals surface area contributed by atoms with Gasteiger partial charge in [-0.05, 0) is 62.0 Å². The summed E-state index contributed by atoms with van der Waals surface area (Å²) >= 11 is 1.40. The van der Waals surface area contributed by atoms with Gasteiger partial charge in [-0.2, -0.15) is 0 Å². The molecule has 0 aliphatic carbocycles. The highest BCUT2D eigenvalue weighted by Crippen LogP contribution is 2.20. The first-order chi connectivity index (χ1) is 12.2. The van der Waals surface area contributed by atoms with E-state index in [-0.39, 0.29) is 24.2 Å². The van der Waals surface area contributed by atoms with Gasteiger partial charge in [0, 0.05) is 24.3 Å². The molecule has 1 saturated heterocycles. The third kappa shape index (κ3) is 5.06. The summed E-state index contributed by atoms with van der Waals surface area (Å²) in [5.41, 5.74) is 1.27. The number of piperidine rings is 1. The molecule has 2 aromatic rings. The number of likely N-dealkylation sites (tertiary alicyclic amines) is 1. The molecule has 0 spiro atoms. The van der Waals surface area contributed by atoms with Gasteiger partial charge in [-0.15, -0.1) is 23.7 Å². The molecule has 7 heteroatoms. The lowest BCUT2D eigenvalue weighted by molar-refractivity contribution is 0.0690. The number of rotatable bonds is 5. The molecule has 3 rings (SSSR count). The molecule has 2 heterocycles. The number of benzene rings is 1. The number of nitrogens with one attached hydrogen (secondary N) is 2. The second-order valence-corrected chi connectivity index (χ2v) is 7.25. The van der Waals surface area contributed by atoms with E-state index in [4.69, 9.17) is 0 Å². The predicted molar refractivity (Wildman–Crippen MR) is 109 cm³/mol. The Labute approximate surface area is 164 Å². The van der Waals surface area contributed by atoms with Crippen LogP contribution in [0.4, 0.5) is 5.69 Å². The molecule has 0 atom stereocenters. The van der Waals surface area contributed by atoms with Gasteiger partial charge in [0.25, 0.3) is 11.8 Å². The molecule has 2 amide bonds. The number of hydrogen-bond acceptors (Lipinski definition) is 4. The summed E-state index contributed by atoms with van der Waals surface area (Å²) in [5, 5.41) is 7.93. The van der Waals surface area contributed by atoms with Crippen LogP contribution in [0.1, 0.15) is 32.9 Å². The van der Waals surface area contributed by atoms with Crippen LogP contribution in [-0.4, -0.2) is 43.4 Å². The Morgan fingerprint density at radius 1 is 1.19 bits per heavy atom. The standard InChI is InChI=1S/C19H23N3O2S.ClH/c1-20-13-14-7-9-22(10-8-14)19(24)15-4-2-5-16(12-15)21-18(23)17-6-3-11-25-17;/h2-6,11-12,14,20H,7-10,13H2,1H3,(H,21,23);1H. The summed E-state index contributed by atoms with van der Waals surface area (Å²) in [6, 6.07) is 10.8. The van der Waals surface area contributed by atoms with Gasteiger partial charge in [0.2, 0.25) is 0 Å². The van der Waals surface area contributed by atoms with E-state index in [1.807, 2.05) is 35.5 Å². The lowest BCUT2D eigenvalue weighted by Gasteiger charge is -2.32. The zero-order valence-corrected chi connectivity index (χ0v) is 16.4. The smallest absolute Gasteiger partial charge is 0.265 e. The van der Waals surface area contributed by atoms with E-state index < -0.39 is 0 Å². The van der Waals surface area contributed by atoms with E-state index in [0.29, 0.717) is 22.0 Å². The largest absolute Gasteiger partial charge is 0.339 e. The van der Waals surface area contributed by atoms with Crippen LogP contribution in [0.25, 0.3) is 0 Å². The van der Waals surface area contributed by atoms with Crippen molar-refractivity contribution >= 4 is 41.2 Å². The van der Waals surface area contributed by atoms with Crippen molar-refractivity contribution in [3.05, 3.63) is 52.2 Å². The molecule has 1 fully saturated rings. The van der Waals surface area contributed by atoms with Gasteiger partial charge in [0.05, 0.1) is 4.88 Å². The maximum Gasteiger partial charge on any atom is 0.265 e. The van der Waals surface area contributed by atoms with Gasteiger partial charge in [-0.1, -0.05) is 12.1 Å². The first-order valence-electron chi connectivity index (χ1n) is 8.56. The van der Waals surface area contributed by atoms with Crippen molar-refractivity contribution in [2.45, 2.75) is 12.8 Å². The third-order valence-electron chi connectivity index (χ3n) is 4.51. The van der Waals surface area contributed by atoms with Crippen LogP contribution >= 0.6 is 23.7 Å². The molecule has 0 radical (unpaired) electrons. The summed E-state index contributed by atoms with van der Waals surface area (Å²) in [4.78, 5) is 27.4. The van der Waals surface area contributed by atoms with Gasteiger partial charge >= 0.3 is 0 Å². The lowest BCUT2D eigenvalue weighted by Crippen LogP contribution is -2.40. The van der Waals surface area contributed by atoms with E-state index in [1.165, 1.54) is 11.3 Å². The number of nitrogens with zero attached hydrogens (tertiary/aromatic N) is 1. The van der Waals surface area contributed by atoms with Crippen molar-refractivity contribution < 1.29 is 9.59 Å². The Balaban J connectivity index is 0.00000243. The third-order valence-corrected chi connectivity index (χ3v) is 5.38. The number of thiophene rings is 1. The van der Waals surface area contributed by atoms with Gasteiger partial charge in [0.15, 0.2) is 0 Å². The van der Waals surface area contributed by atoms with Gasteiger partial charge in [0.1, 0.15) is 0 Å². The topological polar surface area (TPSA) is 61.4 Å².